The zero-order chi connectivity index (χ0) is 13.2. The predicted octanol–water partition coefficient (Wildman–Crippen LogP) is 0.975. The zero-order valence-corrected chi connectivity index (χ0v) is 12.0. The summed E-state index contributed by atoms with van der Waals surface area (Å²) in [6, 6.07) is 1.27. The third-order valence-corrected chi connectivity index (χ3v) is 4.80. The Morgan fingerprint density at radius 3 is 2.50 bits per heavy atom. The summed E-state index contributed by atoms with van der Waals surface area (Å²) in [5, 5.41) is 6.47. The summed E-state index contributed by atoms with van der Waals surface area (Å²) in [6.07, 6.45) is 5.07. The molecule has 1 unspecified atom stereocenters. The minimum absolute atomic E-state index is 0.125. The minimum Gasteiger partial charge on any atom is -0.358 e. The van der Waals surface area contributed by atoms with Gasteiger partial charge in [-0.3, -0.25) is 9.69 Å². The van der Waals surface area contributed by atoms with E-state index in [1.165, 1.54) is 12.8 Å². The molecule has 2 rings (SSSR count). The SMILES string of the molecule is CNC(=O)CN1CCC(NC(C)C2(C)CC2)CC1. The number of hydrogen-bond acceptors (Lipinski definition) is 3. The molecule has 0 radical (unpaired) electrons. The van der Waals surface area contributed by atoms with Crippen LogP contribution in [0.4, 0.5) is 0 Å². The van der Waals surface area contributed by atoms with Crippen LogP contribution in [0, 0.1) is 5.41 Å². The van der Waals surface area contributed by atoms with Crippen LogP contribution < -0.4 is 10.6 Å². The molecule has 0 spiro atoms. The molecule has 104 valence electrons. The lowest BCUT2D eigenvalue weighted by Crippen LogP contribution is -2.49. The fraction of sp³-hybridized carbons (Fsp3) is 0.929. The van der Waals surface area contributed by atoms with Crippen molar-refractivity contribution < 1.29 is 4.79 Å². The third-order valence-electron chi connectivity index (χ3n) is 4.80. The molecule has 1 atom stereocenters. The first-order valence-corrected chi connectivity index (χ1v) is 7.22. The quantitative estimate of drug-likeness (QED) is 0.767. The van der Waals surface area contributed by atoms with Crippen molar-refractivity contribution in [2.45, 2.75) is 51.6 Å². The standard InChI is InChI=1S/C14H27N3O/c1-11(14(2)6-7-14)16-12-4-8-17(9-5-12)10-13(18)15-3/h11-12,16H,4-10H2,1-3H3,(H,15,18). The maximum absolute atomic E-state index is 11.3. The summed E-state index contributed by atoms with van der Waals surface area (Å²) < 4.78 is 0. The Morgan fingerprint density at radius 2 is 2.00 bits per heavy atom. The van der Waals surface area contributed by atoms with Crippen LogP contribution in [-0.2, 0) is 4.79 Å². The molecule has 0 aromatic carbocycles. The fourth-order valence-electron chi connectivity index (χ4n) is 2.72. The van der Waals surface area contributed by atoms with Gasteiger partial charge in [-0.15, -0.1) is 0 Å². The molecule has 4 heteroatoms. The van der Waals surface area contributed by atoms with E-state index in [9.17, 15) is 4.79 Å². The minimum atomic E-state index is 0.125. The van der Waals surface area contributed by atoms with Gasteiger partial charge in [0.1, 0.15) is 0 Å². The number of rotatable bonds is 5. The lowest BCUT2D eigenvalue weighted by Gasteiger charge is -2.34. The van der Waals surface area contributed by atoms with Crippen molar-refractivity contribution in [3.8, 4) is 0 Å². The Labute approximate surface area is 110 Å². The summed E-state index contributed by atoms with van der Waals surface area (Å²) in [4.78, 5) is 13.6. The van der Waals surface area contributed by atoms with E-state index in [0.717, 1.165) is 25.9 Å². The largest absolute Gasteiger partial charge is 0.358 e. The maximum Gasteiger partial charge on any atom is 0.233 e. The first-order chi connectivity index (χ1) is 8.53. The molecule has 18 heavy (non-hydrogen) atoms. The number of nitrogens with one attached hydrogen (secondary N) is 2. The molecule has 0 aromatic rings. The van der Waals surface area contributed by atoms with Crippen LogP contribution in [0.1, 0.15) is 39.5 Å². The molecule has 1 aliphatic heterocycles. The van der Waals surface area contributed by atoms with Gasteiger partial charge < -0.3 is 10.6 Å². The van der Waals surface area contributed by atoms with Gasteiger partial charge in [-0.05, 0) is 38.0 Å². The highest BCUT2D eigenvalue weighted by molar-refractivity contribution is 5.77. The first-order valence-electron chi connectivity index (χ1n) is 7.22. The van der Waals surface area contributed by atoms with Crippen molar-refractivity contribution in [3.05, 3.63) is 0 Å². The van der Waals surface area contributed by atoms with Gasteiger partial charge >= 0.3 is 0 Å². The summed E-state index contributed by atoms with van der Waals surface area (Å²) in [5.74, 6) is 0.125. The summed E-state index contributed by atoms with van der Waals surface area (Å²) in [7, 11) is 1.70. The second-order valence-corrected chi connectivity index (χ2v) is 6.27. The molecular weight excluding hydrogens is 226 g/mol. The van der Waals surface area contributed by atoms with Crippen molar-refractivity contribution in [1.29, 1.82) is 0 Å². The predicted molar refractivity (Wildman–Crippen MR) is 73.5 cm³/mol. The molecule has 1 saturated heterocycles. The Kier molecular flexibility index (Phi) is 4.28. The van der Waals surface area contributed by atoms with E-state index in [-0.39, 0.29) is 5.91 Å². The van der Waals surface area contributed by atoms with Crippen LogP contribution in [0.25, 0.3) is 0 Å². The monoisotopic (exact) mass is 253 g/mol. The topological polar surface area (TPSA) is 44.4 Å². The number of amides is 1. The lowest BCUT2D eigenvalue weighted by atomic mass is 9.97. The van der Waals surface area contributed by atoms with Gasteiger partial charge in [-0.25, -0.2) is 0 Å². The van der Waals surface area contributed by atoms with Gasteiger partial charge in [0.25, 0.3) is 0 Å². The van der Waals surface area contributed by atoms with Gasteiger partial charge in [0.2, 0.25) is 5.91 Å². The molecule has 1 saturated carbocycles. The normalized spacial score (nSPS) is 25.7. The van der Waals surface area contributed by atoms with Crippen molar-refractivity contribution >= 4 is 5.91 Å². The van der Waals surface area contributed by atoms with Crippen molar-refractivity contribution in [3.63, 3.8) is 0 Å². The summed E-state index contributed by atoms with van der Waals surface area (Å²) in [6.45, 7) is 7.33. The number of nitrogens with zero attached hydrogens (tertiary/aromatic N) is 1. The fourth-order valence-corrected chi connectivity index (χ4v) is 2.72. The summed E-state index contributed by atoms with van der Waals surface area (Å²) >= 11 is 0. The van der Waals surface area contributed by atoms with Gasteiger partial charge in [-0.1, -0.05) is 6.92 Å². The second-order valence-electron chi connectivity index (χ2n) is 6.27. The molecule has 1 aliphatic carbocycles. The highest BCUT2D eigenvalue weighted by atomic mass is 16.1. The number of piperidine rings is 1. The van der Waals surface area contributed by atoms with Crippen LogP contribution in [0.5, 0.6) is 0 Å². The first kappa shape index (κ1) is 13.8. The summed E-state index contributed by atoms with van der Waals surface area (Å²) in [5.41, 5.74) is 0.555. The lowest BCUT2D eigenvalue weighted by molar-refractivity contribution is -0.122. The Hall–Kier alpha value is -0.610. The Morgan fingerprint density at radius 1 is 1.39 bits per heavy atom. The number of likely N-dealkylation sites (tertiary alicyclic amines) is 1. The number of carbonyl (C=O) groups is 1. The number of hydrogen-bond donors (Lipinski definition) is 2. The van der Waals surface area contributed by atoms with Crippen LogP contribution in [0.3, 0.4) is 0 Å². The van der Waals surface area contributed by atoms with Gasteiger partial charge in [0.15, 0.2) is 0 Å². The second kappa shape index (κ2) is 5.57. The van der Waals surface area contributed by atoms with E-state index in [1.807, 2.05) is 0 Å². The van der Waals surface area contributed by atoms with Crippen LogP contribution in [-0.4, -0.2) is 49.6 Å². The average Bonchev–Trinajstić information content (AvgIpc) is 3.11. The highest BCUT2D eigenvalue weighted by Crippen LogP contribution is 2.48. The van der Waals surface area contributed by atoms with Gasteiger partial charge in [0.05, 0.1) is 6.54 Å². The zero-order valence-electron chi connectivity index (χ0n) is 12.0. The molecule has 2 fully saturated rings. The Balaban J connectivity index is 1.68. The average molecular weight is 253 g/mol. The third kappa shape index (κ3) is 3.45. The van der Waals surface area contributed by atoms with Crippen LogP contribution >= 0.6 is 0 Å². The Bertz CT molecular complexity index is 293. The number of likely N-dealkylation sites (N-methyl/N-ethyl adjacent to an activating group) is 1. The van der Waals surface area contributed by atoms with E-state index >= 15 is 0 Å². The van der Waals surface area contributed by atoms with Crippen molar-refractivity contribution in [2.75, 3.05) is 26.7 Å². The number of carbonyl (C=O) groups excluding carboxylic acids is 1. The van der Waals surface area contributed by atoms with E-state index in [0.29, 0.717) is 24.0 Å². The van der Waals surface area contributed by atoms with Crippen LogP contribution in [0.15, 0.2) is 0 Å². The van der Waals surface area contributed by atoms with Crippen molar-refractivity contribution in [2.24, 2.45) is 5.41 Å². The molecule has 2 aliphatic rings. The smallest absolute Gasteiger partial charge is 0.233 e. The van der Waals surface area contributed by atoms with Crippen molar-refractivity contribution in [1.82, 2.24) is 15.5 Å². The highest BCUT2D eigenvalue weighted by Gasteiger charge is 2.43. The molecule has 0 aromatic heterocycles. The molecule has 0 bridgehead atoms. The van der Waals surface area contributed by atoms with E-state index < -0.39 is 0 Å². The molecule has 1 amide bonds. The maximum atomic E-state index is 11.3. The molecule has 2 N–H and O–H groups in total. The molecule has 1 heterocycles. The van der Waals surface area contributed by atoms with Gasteiger partial charge in [-0.2, -0.15) is 0 Å². The van der Waals surface area contributed by atoms with E-state index in [2.05, 4.69) is 29.4 Å². The van der Waals surface area contributed by atoms with Gasteiger partial charge in [0, 0.05) is 32.2 Å². The van der Waals surface area contributed by atoms with E-state index in [4.69, 9.17) is 0 Å². The molecular formula is C14H27N3O. The molecule has 4 nitrogen and oxygen atoms in total. The van der Waals surface area contributed by atoms with E-state index in [1.54, 1.807) is 7.05 Å². The van der Waals surface area contributed by atoms with Crippen LogP contribution in [0.2, 0.25) is 0 Å².